The Balaban J connectivity index is 2.27. The minimum atomic E-state index is -3.87. The fraction of sp³-hybridized carbons (Fsp3) is 0.500. The molecule has 0 aliphatic heterocycles. The quantitative estimate of drug-likeness (QED) is 0.556. The van der Waals surface area contributed by atoms with Crippen molar-refractivity contribution in [2.75, 3.05) is 13.2 Å². The zero-order valence-electron chi connectivity index (χ0n) is 10.1. The zero-order chi connectivity index (χ0) is 13.4. The average Bonchev–Trinajstić information content (AvgIpc) is 2.36. The Morgan fingerprint density at radius 1 is 1.39 bits per heavy atom. The Kier molecular flexibility index (Phi) is 5.64. The molecule has 0 atom stereocenters. The summed E-state index contributed by atoms with van der Waals surface area (Å²) in [5.74, 6) is -1.64. The van der Waals surface area contributed by atoms with Gasteiger partial charge < -0.3 is 9.47 Å². The van der Waals surface area contributed by atoms with E-state index in [2.05, 4.69) is 14.5 Å². The molecule has 18 heavy (non-hydrogen) atoms. The molecule has 0 spiro atoms. The number of alkyl halides is 2. The predicted octanol–water partition coefficient (Wildman–Crippen LogP) is 2.19. The Morgan fingerprint density at radius 3 is 2.67 bits per heavy atom. The number of carbonyl (C=O) groups excluding carboxylic acids is 1. The van der Waals surface area contributed by atoms with Crippen LogP contribution in [0.4, 0.5) is 8.78 Å². The normalized spacial score (nSPS) is 11.3. The van der Waals surface area contributed by atoms with E-state index in [-0.39, 0.29) is 13.2 Å². The second-order valence-electron chi connectivity index (χ2n) is 3.54. The molecule has 0 aliphatic rings. The summed E-state index contributed by atoms with van der Waals surface area (Å²) in [6.07, 6.45) is 0.363. The highest BCUT2D eigenvalue weighted by Gasteiger charge is 2.42. The summed E-state index contributed by atoms with van der Waals surface area (Å²) < 4.78 is 34.5. The van der Waals surface area contributed by atoms with E-state index in [1.165, 1.54) is 6.92 Å². The van der Waals surface area contributed by atoms with Crippen LogP contribution in [0.3, 0.4) is 0 Å². The van der Waals surface area contributed by atoms with Gasteiger partial charge in [0.25, 0.3) is 0 Å². The van der Waals surface area contributed by atoms with Crippen molar-refractivity contribution in [2.45, 2.75) is 25.9 Å². The molecule has 0 aromatic carbocycles. The van der Waals surface area contributed by atoms with Gasteiger partial charge >= 0.3 is 12.1 Å². The van der Waals surface area contributed by atoms with Crippen molar-refractivity contribution in [3.63, 3.8) is 0 Å². The SMILES string of the molecule is CCOC(=O)C(F)(F)OCCCc1ccncc1. The van der Waals surface area contributed by atoms with Crippen LogP contribution in [-0.4, -0.2) is 30.3 Å². The maximum absolute atomic E-state index is 13.0. The standard InChI is InChI=1S/C12H15F2NO3/c1-2-17-11(16)12(13,14)18-9-3-4-10-5-7-15-8-6-10/h5-8H,2-4,9H2,1H3. The summed E-state index contributed by atoms with van der Waals surface area (Å²) in [6.45, 7) is 1.14. The lowest BCUT2D eigenvalue weighted by molar-refractivity contribution is -0.249. The van der Waals surface area contributed by atoms with Gasteiger partial charge in [0.1, 0.15) is 0 Å². The molecular weight excluding hydrogens is 244 g/mol. The Morgan fingerprint density at radius 2 is 2.06 bits per heavy atom. The van der Waals surface area contributed by atoms with E-state index in [4.69, 9.17) is 0 Å². The van der Waals surface area contributed by atoms with Crippen LogP contribution >= 0.6 is 0 Å². The Hall–Kier alpha value is -1.56. The summed E-state index contributed by atoms with van der Waals surface area (Å²) in [5.41, 5.74) is 0.980. The number of halogens is 2. The molecule has 4 nitrogen and oxygen atoms in total. The fourth-order valence-corrected chi connectivity index (χ4v) is 1.30. The summed E-state index contributed by atoms with van der Waals surface area (Å²) in [6, 6.07) is 3.59. The minimum Gasteiger partial charge on any atom is -0.460 e. The van der Waals surface area contributed by atoms with Crippen molar-refractivity contribution in [2.24, 2.45) is 0 Å². The first-order valence-corrected chi connectivity index (χ1v) is 5.64. The zero-order valence-corrected chi connectivity index (χ0v) is 10.1. The van der Waals surface area contributed by atoms with Gasteiger partial charge in [0.05, 0.1) is 13.2 Å². The van der Waals surface area contributed by atoms with Crippen LogP contribution in [0.1, 0.15) is 18.9 Å². The van der Waals surface area contributed by atoms with Crippen molar-refractivity contribution >= 4 is 5.97 Å². The Labute approximate surface area is 104 Å². The largest absolute Gasteiger partial charge is 0.460 e. The molecule has 0 unspecified atom stereocenters. The summed E-state index contributed by atoms with van der Waals surface area (Å²) in [5, 5.41) is 0. The maximum atomic E-state index is 13.0. The minimum absolute atomic E-state index is 0.102. The molecule has 1 heterocycles. The maximum Gasteiger partial charge on any atom is 0.456 e. The predicted molar refractivity (Wildman–Crippen MR) is 60.1 cm³/mol. The summed E-state index contributed by atoms with van der Waals surface area (Å²) in [7, 11) is 0. The number of carbonyl (C=O) groups is 1. The lowest BCUT2D eigenvalue weighted by Gasteiger charge is -2.14. The number of aromatic nitrogens is 1. The molecule has 0 fully saturated rings. The van der Waals surface area contributed by atoms with Gasteiger partial charge in [-0.15, -0.1) is 0 Å². The first-order valence-electron chi connectivity index (χ1n) is 5.64. The van der Waals surface area contributed by atoms with E-state index < -0.39 is 12.1 Å². The van der Waals surface area contributed by atoms with Gasteiger partial charge in [-0.1, -0.05) is 0 Å². The molecule has 1 rings (SSSR count). The average molecular weight is 259 g/mol. The monoisotopic (exact) mass is 259 g/mol. The topological polar surface area (TPSA) is 48.4 Å². The van der Waals surface area contributed by atoms with Crippen LogP contribution in [0.25, 0.3) is 0 Å². The van der Waals surface area contributed by atoms with Crippen molar-refractivity contribution < 1.29 is 23.0 Å². The third-order valence-electron chi connectivity index (χ3n) is 2.16. The van der Waals surface area contributed by atoms with Gasteiger partial charge in [-0.05, 0) is 37.5 Å². The number of ether oxygens (including phenoxy) is 2. The molecule has 100 valence electrons. The summed E-state index contributed by atoms with van der Waals surface area (Å²) in [4.78, 5) is 14.7. The number of aryl methyl sites for hydroxylation is 1. The van der Waals surface area contributed by atoms with Crippen LogP contribution in [0.5, 0.6) is 0 Å². The fourth-order valence-electron chi connectivity index (χ4n) is 1.30. The van der Waals surface area contributed by atoms with E-state index >= 15 is 0 Å². The lowest BCUT2D eigenvalue weighted by Crippen LogP contribution is -2.34. The van der Waals surface area contributed by atoms with E-state index in [0.29, 0.717) is 12.8 Å². The van der Waals surface area contributed by atoms with Gasteiger partial charge in [-0.25, -0.2) is 4.79 Å². The van der Waals surface area contributed by atoms with Crippen molar-refractivity contribution in [1.29, 1.82) is 0 Å². The highest BCUT2D eigenvalue weighted by atomic mass is 19.3. The first-order chi connectivity index (χ1) is 8.56. The number of pyridine rings is 1. The highest BCUT2D eigenvalue weighted by Crippen LogP contribution is 2.18. The van der Waals surface area contributed by atoms with Crippen LogP contribution in [0.15, 0.2) is 24.5 Å². The molecule has 0 radical (unpaired) electrons. The second kappa shape index (κ2) is 7.00. The van der Waals surface area contributed by atoms with Gasteiger partial charge in [0, 0.05) is 12.4 Å². The van der Waals surface area contributed by atoms with Gasteiger partial charge in [0.2, 0.25) is 0 Å². The third-order valence-corrected chi connectivity index (χ3v) is 2.16. The van der Waals surface area contributed by atoms with E-state index in [0.717, 1.165) is 5.56 Å². The second-order valence-corrected chi connectivity index (χ2v) is 3.54. The number of rotatable bonds is 7. The highest BCUT2D eigenvalue weighted by molar-refractivity contribution is 5.75. The molecular formula is C12H15F2NO3. The number of hydrogen-bond acceptors (Lipinski definition) is 4. The van der Waals surface area contributed by atoms with E-state index in [1.807, 2.05) is 0 Å². The van der Waals surface area contributed by atoms with Gasteiger partial charge in [-0.2, -0.15) is 8.78 Å². The number of hydrogen-bond donors (Lipinski definition) is 0. The number of esters is 1. The van der Waals surface area contributed by atoms with Crippen molar-refractivity contribution in [3.8, 4) is 0 Å². The molecule has 0 saturated heterocycles. The van der Waals surface area contributed by atoms with Crippen LogP contribution in [0.2, 0.25) is 0 Å². The molecule has 0 amide bonds. The Bertz CT molecular complexity index is 371. The molecule has 6 heteroatoms. The van der Waals surface area contributed by atoms with Crippen molar-refractivity contribution in [3.05, 3.63) is 30.1 Å². The molecule has 0 saturated carbocycles. The van der Waals surface area contributed by atoms with Crippen molar-refractivity contribution in [1.82, 2.24) is 4.98 Å². The molecule has 0 aliphatic carbocycles. The molecule has 0 bridgehead atoms. The van der Waals surface area contributed by atoms with E-state index in [9.17, 15) is 13.6 Å². The summed E-state index contributed by atoms with van der Waals surface area (Å²) >= 11 is 0. The van der Waals surface area contributed by atoms with E-state index in [1.54, 1.807) is 24.5 Å². The van der Waals surface area contributed by atoms with Gasteiger partial charge in [-0.3, -0.25) is 4.98 Å². The molecule has 1 aromatic rings. The molecule has 1 aromatic heterocycles. The van der Waals surface area contributed by atoms with Crippen LogP contribution < -0.4 is 0 Å². The number of nitrogens with zero attached hydrogens (tertiary/aromatic N) is 1. The smallest absolute Gasteiger partial charge is 0.456 e. The van der Waals surface area contributed by atoms with Gasteiger partial charge in [0.15, 0.2) is 0 Å². The lowest BCUT2D eigenvalue weighted by atomic mass is 10.1. The third kappa shape index (κ3) is 4.75. The molecule has 0 N–H and O–H groups in total. The van der Waals surface area contributed by atoms with Crippen LogP contribution in [-0.2, 0) is 20.7 Å². The first kappa shape index (κ1) is 14.5. The van der Waals surface area contributed by atoms with Crippen LogP contribution in [0, 0.1) is 0 Å².